The number of carbonyl (C=O) groups excluding carboxylic acids is 3. The SMILES string of the molecule is CC(=O)c1cccc(NC(=O)C2CCc3sc(NC(=O)c4ccc(F)cc4)nc32)c1. The number of nitrogens with zero attached hydrogens (tertiary/aromatic N) is 1. The Bertz CT molecular complexity index is 1140. The van der Waals surface area contributed by atoms with Crippen LogP contribution >= 0.6 is 11.3 Å². The Labute approximate surface area is 176 Å². The van der Waals surface area contributed by atoms with Gasteiger partial charge in [-0.15, -0.1) is 11.3 Å². The number of anilines is 2. The van der Waals surface area contributed by atoms with Gasteiger partial charge in [0.25, 0.3) is 5.91 Å². The van der Waals surface area contributed by atoms with E-state index < -0.39 is 11.7 Å². The summed E-state index contributed by atoms with van der Waals surface area (Å²) in [5, 5.41) is 5.97. The molecule has 0 radical (unpaired) electrons. The molecule has 1 aromatic heterocycles. The Morgan fingerprint density at radius 3 is 2.57 bits per heavy atom. The largest absolute Gasteiger partial charge is 0.325 e. The van der Waals surface area contributed by atoms with E-state index in [0.717, 1.165) is 4.88 Å². The molecule has 2 N–H and O–H groups in total. The number of aromatic nitrogens is 1. The van der Waals surface area contributed by atoms with Gasteiger partial charge >= 0.3 is 0 Å². The molecule has 8 heteroatoms. The zero-order valence-corrected chi connectivity index (χ0v) is 16.9. The van der Waals surface area contributed by atoms with Gasteiger partial charge in [-0.3, -0.25) is 19.7 Å². The highest BCUT2D eigenvalue weighted by Gasteiger charge is 2.33. The number of thiazole rings is 1. The van der Waals surface area contributed by atoms with Crippen molar-refractivity contribution in [3.63, 3.8) is 0 Å². The highest BCUT2D eigenvalue weighted by molar-refractivity contribution is 7.16. The molecule has 152 valence electrons. The summed E-state index contributed by atoms with van der Waals surface area (Å²) in [5.41, 5.74) is 2.07. The molecule has 0 bridgehead atoms. The molecule has 0 fully saturated rings. The molecule has 1 aliphatic carbocycles. The van der Waals surface area contributed by atoms with Gasteiger partial charge in [0.1, 0.15) is 5.82 Å². The fourth-order valence-corrected chi connectivity index (χ4v) is 4.39. The quantitative estimate of drug-likeness (QED) is 0.595. The molecule has 3 aromatic rings. The Morgan fingerprint density at radius 1 is 1.07 bits per heavy atom. The van der Waals surface area contributed by atoms with Gasteiger partial charge in [0.15, 0.2) is 10.9 Å². The van der Waals surface area contributed by atoms with Crippen LogP contribution in [0.3, 0.4) is 0 Å². The van der Waals surface area contributed by atoms with E-state index in [9.17, 15) is 18.8 Å². The number of ketones is 1. The molecule has 1 aliphatic rings. The lowest BCUT2D eigenvalue weighted by atomic mass is 10.1. The molecular formula is C22H18FN3O3S. The predicted molar refractivity (Wildman–Crippen MR) is 113 cm³/mol. The second kappa shape index (κ2) is 8.16. The van der Waals surface area contributed by atoms with Crippen LogP contribution < -0.4 is 10.6 Å². The highest BCUT2D eigenvalue weighted by Crippen LogP contribution is 2.39. The van der Waals surface area contributed by atoms with Gasteiger partial charge in [0.2, 0.25) is 5.91 Å². The third kappa shape index (κ3) is 4.13. The van der Waals surface area contributed by atoms with Crippen LogP contribution in [0.5, 0.6) is 0 Å². The van der Waals surface area contributed by atoms with Crippen molar-refractivity contribution < 1.29 is 18.8 Å². The molecule has 2 aromatic carbocycles. The summed E-state index contributed by atoms with van der Waals surface area (Å²) in [6.45, 7) is 1.47. The zero-order chi connectivity index (χ0) is 21.3. The Balaban J connectivity index is 1.46. The maximum atomic E-state index is 13.0. The van der Waals surface area contributed by atoms with Crippen molar-refractivity contribution >= 4 is 39.8 Å². The molecule has 30 heavy (non-hydrogen) atoms. The van der Waals surface area contributed by atoms with Crippen LogP contribution in [0.4, 0.5) is 15.2 Å². The first-order valence-corrected chi connectivity index (χ1v) is 10.2. The van der Waals surface area contributed by atoms with E-state index in [0.29, 0.717) is 40.5 Å². The zero-order valence-electron chi connectivity index (χ0n) is 16.1. The van der Waals surface area contributed by atoms with Gasteiger partial charge in [-0.05, 0) is 56.2 Å². The van der Waals surface area contributed by atoms with Gasteiger partial charge in [-0.1, -0.05) is 12.1 Å². The van der Waals surface area contributed by atoms with E-state index in [1.54, 1.807) is 24.3 Å². The number of nitrogens with one attached hydrogen (secondary N) is 2. The maximum absolute atomic E-state index is 13.0. The molecule has 4 rings (SSSR count). The summed E-state index contributed by atoms with van der Waals surface area (Å²) in [7, 11) is 0. The number of aryl methyl sites for hydroxylation is 1. The normalized spacial score (nSPS) is 14.8. The maximum Gasteiger partial charge on any atom is 0.257 e. The van der Waals surface area contributed by atoms with Crippen LogP contribution in [-0.2, 0) is 11.2 Å². The molecule has 2 amide bonds. The second-order valence-electron chi connectivity index (χ2n) is 7.01. The van der Waals surface area contributed by atoms with Crippen molar-refractivity contribution in [2.75, 3.05) is 10.6 Å². The number of carbonyl (C=O) groups is 3. The number of rotatable bonds is 5. The van der Waals surface area contributed by atoms with E-state index in [-0.39, 0.29) is 17.6 Å². The third-order valence-electron chi connectivity index (χ3n) is 4.90. The first-order valence-electron chi connectivity index (χ1n) is 9.39. The number of halogens is 1. The van der Waals surface area contributed by atoms with Gasteiger partial charge in [0.05, 0.1) is 11.6 Å². The Morgan fingerprint density at radius 2 is 1.83 bits per heavy atom. The van der Waals surface area contributed by atoms with E-state index in [2.05, 4.69) is 15.6 Å². The molecule has 1 heterocycles. The molecule has 1 unspecified atom stereocenters. The number of Topliss-reactive ketones (excluding diaryl/α,β-unsaturated/α-hetero) is 1. The summed E-state index contributed by atoms with van der Waals surface area (Å²) in [6, 6.07) is 12.0. The van der Waals surface area contributed by atoms with Crippen LogP contribution in [0.25, 0.3) is 0 Å². The molecule has 0 saturated heterocycles. The molecule has 6 nitrogen and oxygen atoms in total. The van der Waals surface area contributed by atoms with E-state index in [1.165, 1.54) is 42.5 Å². The van der Waals surface area contributed by atoms with E-state index in [1.807, 2.05) is 0 Å². The minimum atomic E-state index is -0.422. The van der Waals surface area contributed by atoms with Crippen molar-refractivity contribution in [2.45, 2.75) is 25.7 Å². The lowest BCUT2D eigenvalue weighted by molar-refractivity contribution is -0.117. The number of hydrogen-bond acceptors (Lipinski definition) is 5. The summed E-state index contributed by atoms with van der Waals surface area (Å²) < 4.78 is 13.0. The average molecular weight is 423 g/mol. The van der Waals surface area contributed by atoms with E-state index >= 15 is 0 Å². The van der Waals surface area contributed by atoms with Crippen molar-refractivity contribution in [2.24, 2.45) is 0 Å². The summed E-state index contributed by atoms with van der Waals surface area (Å²) in [6.07, 6.45) is 1.34. The molecular weight excluding hydrogens is 405 g/mol. The van der Waals surface area contributed by atoms with Crippen molar-refractivity contribution in [3.8, 4) is 0 Å². The van der Waals surface area contributed by atoms with Gasteiger partial charge in [-0.2, -0.15) is 0 Å². The fourth-order valence-electron chi connectivity index (χ4n) is 3.35. The number of hydrogen-bond donors (Lipinski definition) is 2. The predicted octanol–water partition coefficient (Wildman–Crippen LogP) is 4.41. The minimum Gasteiger partial charge on any atom is -0.325 e. The first-order chi connectivity index (χ1) is 14.4. The van der Waals surface area contributed by atoms with Crippen molar-refractivity contribution in [1.82, 2.24) is 4.98 Å². The van der Waals surface area contributed by atoms with Gasteiger partial charge in [0, 0.05) is 21.7 Å². The Kier molecular flexibility index (Phi) is 5.41. The van der Waals surface area contributed by atoms with Crippen molar-refractivity contribution in [3.05, 3.63) is 76.0 Å². The summed E-state index contributed by atoms with van der Waals surface area (Å²) in [4.78, 5) is 42.1. The average Bonchev–Trinajstić information content (AvgIpc) is 3.28. The van der Waals surface area contributed by atoms with Crippen LogP contribution in [0.1, 0.15) is 50.5 Å². The van der Waals surface area contributed by atoms with Crippen LogP contribution in [-0.4, -0.2) is 22.6 Å². The smallest absolute Gasteiger partial charge is 0.257 e. The minimum absolute atomic E-state index is 0.0738. The summed E-state index contributed by atoms with van der Waals surface area (Å²) >= 11 is 1.34. The standard InChI is InChI=1S/C22H18FN3O3S/c1-12(27)14-3-2-4-16(11-14)24-21(29)17-9-10-18-19(17)25-22(30-18)26-20(28)13-5-7-15(23)8-6-13/h2-8,11,17H,9-10H2,1H3,(H,24,29)(H,25,26,28). The number of amides is 2. The topological polar surface area (TPSA) is 88.2 Å². The van der Waals surface area contributed by atoms with Crippen LogP contribution in [0.2, 0.25) is 0 Å². The highest BCUT2D eigenvalue weighted by atomic mass is 32.1. The van der Waals surface area contributed by atoms with Gasteiger partial charge < -0.3 is 5.32 Å². The van der Waals surface area contributed by atoms with Crippen molar-refractivity contribution in [1.29, 1.82) is 0 Å². The second-order valence-corrected chi connectivity index (χ2v) is 8.09. The molecule has 0 aliphatic heterocycles. The Hall–Kier alpha value is -3.39. The van der Waals surface area contributed by atoms with Crippen LogP contribution in [0, 0.1) is 5.82 Å². The molecule has 0 spiro atoms. The first kappa shape index (κ1) is 19.9. The monoisotopic (exact) mass is 423 g/mol. The fraction of sp³-hybridized carbons (Fsp3) is 0.182. The van der Waals surface area contributed by atoms with Gasteiger partial charge in [-0.25, -0.2) is 9.37 Å². The lowest BCUT2D eigenvalue weighted by Gasteiger charge is -2.11. The lowest BCUT2D eigenvalue weighted by Crippen LogP contribution is -2.20. The molecule has 1 atom stereocenters. The van der Waals surface area contributed by atoms with E-state index in [4.69, 9.17) is 0 Å². The summed E-state index contributed by atoms with van der Waals surface area (Å²) in [5.74, 6) is -1.49. The van der Waals surface area contributed by atoms with Crippen LogP contribution in [0.15, 0.2) is 48.5 Å². The number of benzene rings is 2. The third-order valence-corrected chi connectivity index (χ3v) is 5.94. The number of fused-ring (bicyclic) bond motifs is 1. The molecule has 0 saturated carbocycles.